The van der Waals surface area contributed by atoms with Crippen LogP contribution in [0.15, 0.2) is 84.9 Å². The highest BCUT2D eigenvalue weighted by Crippen LogP contribution is 2.24. The molecule has 2 aliphatic heterocycles. The first kappa shape index (κ1) is 32.8. The van der Waals surface area contributed by atoms with Crippen LogP contribution in [-0.4, -0.2) is 54.8 Å². The van der Waals surface area contributed by atoms with Gasteiger partial charge in [0.2, 0.25) is 5.91 Å². The summed E-state index contributed by atoms with van der Waals surface area (Å²) in [6.07, 6.45) is 2.20. The zero-order valence-corrected chi connectivity index (χ0v) is 26.7. The lowest BCUT2D eigenvalue weighted by atomic mass is 9.95. The maximum Gasteiger partial charge on any atom is 0.254 e. The van der Waals surface area contributed by atoms with Crippen molar-refractivity contribution < 1.29 is 23.9 Å². The Morgan fingerprint density at radius 3 is 1.55 bits per heavy atom. The van der Waals surface area contributed by atoms with E-state index in [9.17, 15) is 14.4 Å². The van der Waals surface area contributed by atoms with E-state index in [1.54, 1.807) is 26.4 Å². The van der Waals surface area contributed by atoms with E-state index in [0.29, 0.717) is 38.2 Å². The Labute approximate surface area is 275 Å². The Hall–Kier alpha value is -5.62. The first-order chi connectivity index (χ1) is 22.8. The van der Waals surface area contributed by atoms with Crippen molar-refractivity contribution in [3.63, 3.8) is 0 Å². The maximum absolute atomic E-state index is 12.7. The van der Waals surface area contributed by atoms with Crippen LogP contribution in [0.25, 0.3) is 0 Å². The molecule has 240 valence electrons. The minimum Gasteiger partial charge on any atom is -0.497 e. The zero-order valence-electron chi connectivity index (χ0n) is 26.7. The van der Waals surface area contributed by atoms with E-state index in [1.807, 2.05) is 82.6 Å². The lowest BCUT2D eigenvalue weighted by molar-refractivity contribution is -0.117. The molecule has 0 bridgehead atoms. The molecule has 0 saturated carbocycles. The van der Waals surface area contributed by atoms with Gasteiger partial charge >= 0.3 is 0 Å². The molecule has 0 saturated heterocycles. The fourth-order valence-electron chi connectivity index (χ4n) is 5.90. The molecule has 3 amide bonds. The van der Waals surface area contributed by atoms with Gasteiger partial charge in [-0.15, -0.1) is 0 Å². The van der Waals surface area contributed by atoms with E-state index >= 15 is 0 Å². The second-order valence-corrected chi connectivity index (χ2v) is 11.6. The van der Waals surface area contributed by atoms with Gasteiger partial charge in [-0.3, -0.25) is 14.4 Å². The smallest absolute Gasteiger partial charge is 0.254 e. The molecule has 6 rings (SSSR count). The number of hydrogen-bond donors (Lipinski definition) is 1. The number of nitriles is 1. The summed E-state index contributed by atoms with van der Waals surface area (Å²) < 4.78 is 10.3. The molecule has 47 heavy (non-hydrogen) atoms. The summed E-state index contributed by atoms with van der Waals surface area (Å²) in [5, 5.41) is 8.79. The van der Waals surface area contributed by atoms with Crippen LogP contribution in [0.3, 0.4) is 0 Å². The standard InChI is InChI=1S/C19H20N2O3.C19H18N2O2/c1-24-16-5-2-13(3-6-16)12-21-9-8-15-10-14(11-18(20)22)4-7-17(15)19(21)23;1-23-17-5-2-15(3-6-17)13-21-11-9-16-12-14(8-10-20)4-7-18(16)19(21)22/h2-7,10H,8-9,11-12H2,1H3,(H2,20,22);2-7,12H,8-9,11,13H2,1H3. The number of carbonyl (C=O) groups is 3. The summed E-state index contributed by atoms with van der Waals surface area (Å²) in [5.74, 6) is 1.34. The van der Waals surface area contributed by atoms with Crippen LogP contribution in [0, 0.1) is 11.3 Å². The molecule has 4 aromatic rings. The number of benzene rings is 4. The number of methoxy groups -OCH3 is 2. The van der Waals surface area contributed by atoms with Crippen LogP contribution in [0.1, 0.15) is 54.1 Å². The third-order valence-corrected chi connectivity index (χ3v) is 8.40. The molecule has 2 heterocycles. The lowest BCUT2D eigenvalue weighted by Gasteiger charge is -2.29. The molecule has 9 nitrogen and oxygen atoms in total. The van der Waals surface area contributed by atoms with E-state index in [4.69, 9.17) is 20.5 Å². The van der Waals surface area contributed by atoms with Gasteiger partial charge in [0.25, 0.3) is 11.8 Å². The van der Waals surface area contributed by atoms with E-state index in [0.717, 1.165) is 63.3 Å². The second-order valence-electron chi connectivity index (χ2n) is 11.6. The van der Waals surface area contributed by atoms with Crippen LogP contribution < -0.4 is 15.2 Å². The van der Waals surface area contributed by atoms with Crippen LogP contribution in [-0.2, 0) is 43.6 Å². The van der Waals surface area contributed by atoms with Crippen LogP contribution in [0.4, 0.5) is 0 Å². The van der Waals surface area contributed by atoms with Crippen molar-refractivity contribution in [1.82, 2.24) is 9.80 Å². The molecule has 0 aliphatic carbocycles. The van der Waals surface area contributed by atoms with Gasteiger partial charge in [0.1, 0.15) is 11.5 Å². The Morgan fingerprint density at radius 1 is 0.702 bits per heavy atom. The number of hydrogen-bond acceptors (Lipinski definition) is 6. The molecule has 2 aliphatic rings. The summed E-state index contributed by atoms with van der Waals surface area (Å²) in [6.45, 7) is 2.54. The fraction of sp³-hybridized carbons (Fsp3) is 0.263. The highest BCUT2D eigenvalue weighted by atomic mass is 16.5. The van der Waals surface area contributed by atoms with Crippen molar-refractivity contribution in [2.75, 3.05) is 27.3 Å². The molecule has 0 unspecified atom stereocenters. The number of ether oxygens (including phenoxy) is 2. The fourth-order valence-corrected chi connectivity index (χ4v) is 5.90. The molecule has 9 heteroatoms. The van der Waals surface area contributed by atoms with Crippen LogP contribution in [0.5, 0.6) is 11.5 Å². The predicted molar refractivity (Wildman–Crippen MR) is 178 cm³/mol. The molecule has 0 atom stereocenters. The van der Waals surface area contributed by atoms with Crippen molar-refractivity contribution in [3.8, 4) is 17.6 Å². The number of carbonyl (C=O) groups excluding carboxylic acids is 3. The van der Waals surface area contributed by atoms with Gasteiger partial charge in [-0.05, 0) is 82.6 Å². The van der Waals surface area contributed by atoms with Crippen molar-refractivity contribution in [3.05, 3.63) is 129 Å². The summed E-state index contributed by atoms with van der Waals surface area (Å²) in [7, 11) is 3.27. The number of primary amides is 1. The number of rotatable bonds is 9. The van der Waals surface area contributed by atoms with Gasteiger partial charge in [-0.2, -0.15) is 5.26 Å². The SMILES string of the molecule is COc1ccc(CN2CCc3cc(CC#N)ccc3C2=O)cc1.COc1ccc(CN2CCc3cc(CC(N)=O)ccc3C2=O)cc1. The predicted octanol–water partition coefficient (Wildman–Crippen LogP) is 4.88. The van der Waals surface area contributed by atoms with Crippen molar-refractivity contribution in [1.29, 1.82) is 5.26 Å². The van der Waals surface area contributed by atoms with Crippen LogP contribution in [0.2, 0.25) is 0 Å². The second kappa shape index (κ2) is 15.1. The van der Waals surface area contributed by atoms with Crippen LogP contribution >= 0.6 is 0 Å². The monoisotopic (exact) mass is 630 g/mol. The lowest BCUT2D eigenvalue weighted by Crippen LogP contribution is -2.37. The van der Waals surface area contributed by atoms with Crippen molar-refractivity contribution >= 4 is 17.7 Å². The Kier molecular flexibility index (Phi) is 10.5. The first-order valence-electron chi connectivity index (χ1n) is 15.5. The van der Waals surface area contributed by atoms with Crippen molar-refractivity contribution in [2.24, 2.45) is 5.73 Å². The summed E-state index contributed by atoms with van der Waals surface area (Å²) in [5.41, 5.74) is 12.7. The minimum atomic E-state index is -0.363. The van der Waals surface area contributed by atoms with Gasteiger partial charge in [0.05, 0.1) is 33.1 Å². The molecule has 0 fully saturated rings. The van der Waals surface area contributed by atoms with E-state index < -0.39 is 0 Å². The third-order valence-electron chi connectivity index (χ3n) is 8.40. The molecule has 0 spiro atoms. The number of nitrogens with zero attached hydrogens (tertiary/aromatic N) is 3. The van der Waals surface area contributed by atoms with Gasteiger partial charge in [0.15, 0.2) is 0 Å². The highest BCUT2D eigenvalue weighted by Gasteiger charge is 2.25. The van der Waals surface area contributed by atoms with E-state index in [1.165, 1.54) is 0 Å². The van der Waals surface area contributed by atoms with Gasteiger partial charge in [-0.1, -0.05) is 48.5 Å². The maximum atomic E-state index is 12.7. The Bertz CT molecular complexity index is 1790. The first-order valence-corrected chi connectivity index (χ1v) is 15.5. The highest BCUT2D eigenvalue weighted by molar-refractivity contribution is 5.97. The topological polar surface area (TPSA) is 126 Å². The number of fused-ring (bicyclic) bond motifs is 2. The van der Waals surface area contributed by atoms with E-state index in [2.05, 4.69) is 6.07 Å². The number of amides is 3. The number of nitrogens with two attached hydrogens (primary N) is 1. The average molecular weight is 631 g/mol. The van der Waals surface area contributed by atoms with Gasteiger partial charge in [0, 0.05) is 37.3 Å². The van der Waals surface area contributed by atoms with Crippen molar-refractivity contribution in [2.45, 2.75) is 38.8 Å². The summed E-state index contributed by atoms with van der Waals surface area (Å²) in [4.78, 5) is 40.1. The normalized spacial score (nSPS) is 13.5. The molecule has 4 aromatic carbocycles. The third kappa shape index (κ3) is 8.16. The average Bonchev–Trinajstić information content (AvgIpc) is 3.08. The summed E-state index contributed by atoms with van der Waals surface area (Å²) >= 11 is 0. The molecule has 0 radical (unpaired) electrons. The molecule has 2 N–H and O–H groups in total. The quantitative estimate of drug-likeness (QED) is 0.281. The minimum absolute atomic E-state index is 0.0256. The Balaban J connectivity index is 0.000000185. The largest absolute Gasteiger partial charge is 0.497 e. The van der Waals surface area contributed by atoms with E-state index in [-0.39, 0.29) is 24.1 Å². The van der Waals surface area contributed by atoms with Gasteiger partial charge < -0.3 is 25.0 Å². The molecular formula is C38H38N4O5. The zero-order chi connectivity index (χ0) is 33.3. The molecule has 0 aromatic heterocycles. The Morgan fingerprint density at radius 2 is 1.13 bits per heavy atom. The van der Waals surface area contributed by atoms with Gasteiger partial charge in [-0.25, -0.2) is 0 Å². The molecular weight excluding hydrogens is 592 g/mol. The summed E-state index contributed by atoms with van der Waals surface area (Å²) in [6, 6.07) is 28.9.